The Labute approximate surface area is 161 Å². The SMILES string of the molecule is O=C(/C=C/c1ccccc1)N/C(=C\c1ccccc1)C(=O)Nc1nccs1. The second-order valence-electron chi connectivity index (χ2n) is 5.49. The van der Waals surface area contributed by atoms with Crippen molar-refractivity contribution in [2.24, 2.45) is 0 Å². The van der Waals surface area contributed by atoms with Gasteiger partial charge in [0.05, 0.1) is 0 Å². The van der Waals surface area contributed by atoms with Gasteiger partial charge in [-0.2, -0.15) is 0 Å². The molecule has 134 valence electrons. The molecule has 1 aromatic heterocycles. The average Bonchev–Trinajstić information content (AvgIpc) is 3.20. The fourth-order valence-electron chi connectivity index (χ4n) is 2.23. The van der Waals surface area contributed by atoms with Crippen LogP contribution in [-0.2, 0) is 9.59 Å². The number of benzene rings is 2. The molecule has 6 heteroatoms. The van der Waals surface area contributed by atoms with Gasteiger partial charge in [-0.3, -0.25) is 14.9 Å². The molecule has 0 aliphatic carbocycles. The summed E-state index contributed by atoms with van der Waals surface area (Å²) < 4.78 is 0. The van der Waals surface area contributed by atoms with Crippen LogP contribution in [0.25, 0.3) is 12.2 Å². The van der Waals surface area contributed by atoms with Crippen molar-refractivity contribution in [3.63, 3.8) is 0 Å². The molecule has 0 bridgehead atoms. The van der Waals surface area contributed by atoms with Gasteiger partial charge in [-0.1, -0.05) is 60.7 Å². The quantitative estimate of drug-likeness (QED) is 0.641. The van der Waals surface area contributed by atoms with E-state index in [9.17, 15) is 9.59 Å². The molecule has 2 aromatic carbocycles. The van der Waals surface area contributed by atoms with Crippen molar-refractivity contribution in [1.82, 2.24) is 10.3 Å². The van der Waals surface area contributed by atoms with Crippen molar-refractivity contribution >= 4 is 40.4 Å². The molecule has 27 heavy (non-hydrogen) atoms. The molecule has 0 saturated heterocycles. The maximum atomic E-state index is 12.6. The minimum Gasteiger partial charge on any atom is -0.318 e. The number of nitrogens with zero attached hydrogens (tertiary/aromatic N) is 1. The standard InChI is InChI=1S/C21H17N3O2S/c25-19(12-11-16-7-3-1-4-8-16)23-18(15-17-9-5-2-6-10-17)20(26)24-21-22-13-14-27-21/h1-15H,(H,23,25)(H,22,24,26)/b12-11+,18-15-. The van der Waals surface area contributed by atoms with Crippen LogP contribution >= 0.6 is 11.3 Å². The van der Waals surface area contributed by atoms with Crippen molar-refractivity contribution < 1.29 is 9.59 Å². The lowest BCUT2D eigenvalue weighted by atomic mass is 10.2. The number of nitrogens with one attached hydrogen (secondary N) is 2. The van der Waals surface area contributed by atoms with Gasteiger partial charge in [-0.15, -0.1) is 11.3 Å². The smallest absolute Gasteiger partial charge is 0.273 e. The van der Waals surface area contributed by atoms with Crippen molar-refractivity contribution in [2.75, 3.05) is 5.32 Å². The van der Waals surface area contributed by atoms with Gasteiger partial charge in [0.1, 0.15) is 5.70 Å². The number of amides is 2. The molecule has 0 atom stereocenters. The van der Waals surface area contributed by atoms with Crippen molar-refractivity contribution in [1.29, 1.82) is 0 Å². The molecule has 0 saturated carbocycles. The summed E-state index contributed by atoms with van der Waals surface area (Å²) in [5.74, 6) is -0.828. The zero-order valence-corrected chi connectivity index (χ0v) is 15.1. The molecular weight excluding hydrogens is 358 g/mol. The lowest BCUT2D eigenvalue weighted by Gasteiger charge is -2.08. The van der Waals surface area contributed by atoms with Crippen LogP contribution in [0.5, 0.6) is 0 Å². The summed E-state index contributed by atoms with van der Waals surface area (Å²) in [5.41, 5.74) is 1.83. The number of thiazole rings is 1. The molecule has 2 amide bonds. The lowest BCUT2D eigenvalue weighted by Crippen LogP contribution is -2.29. The number of rotatable bonds is 6. The Morgan fingerprint density at radius 3 is 2.22 bits per heavy atom. The number of anilines is 1. The van der Waals surface area contributed by atoms with Crippen molar-refractivity contribution in [3.8, 4) is 0 Å². The third-order valence-corrected chi connectivity index (χ3v) is 4.18. The highest BCUT2D eigenvalue weighted by molar-refractivity contribution is 7.13. The Hall–Kier alpha value is -3.51. The van der Waals surface area contributed by atoms with E-state index in [0.29, 0.717) is 5.13 Å². The molecule has 5 nitrogen and oxygen atoms in total. The molecule has 0 aliphatic rings. The van der Waals surface area contributed by atoms with E-state index in [1.54, 1.807) is 23.7 Å². The molecule has 0 spiro atoms. The predicted molar refractivity (Wildman–Crippen MR) is 109 cm³/mol. The van der Waals surface area contributed by atoms with Gasteiger partial charge in [0.15, 0.2) is 5.13 Å². The Balaban J connectivity index is 1.77. The second-order valence-corrected chi connectivity index (χ2v) is 6.39. The van der Waals surface area contributed by atoms with Crippen LogP contribution < -0.4 is 10.6 Å². The van der Waals surface area contributed by atoms with E-state index in [-0.39, 0.29) is 5.70 Å². The molecule has 0 fully saturated rings. The molecule has 0 radical (unpaired) electrons. The van der Waals surface area contributed by atoms with Gasteiger partial charge in [-0.05, 0) is 23.3 Å². The number of hydrogen-bond donors (Lipinski definition) is 2. The molecule has 0 unspecified atom stereocenters. The second kappa shape index (κ2) is 9.26. The number of hydrogen-bond acceptors (Lipinski definition) is 4. The first-order valence-corrected chi connectivity index (χ1v) is 9.10. The van der Waals surface area contributed by atoms with E-state index >= 15 is 0 Å². The van der Waals surface area contributed by atoms with E-state index in [2.05, 4.69) is 15.6 Å². The average molecular weight is 375 g/mol. The maximum Gasteiger partial charge on any atom is 0.273 e. The maximum absolute atomic E-state index is 12.6. The van der Waals surface area contributed by atoms with Crippen LogP contribution in [0.15, 0.2) is 84.0 Å². The summed E-state index contributed by atoms with van der Waals surface area (Å²) in [6.07, 6.45) is 6.30. The summed E-state index contributed by atoms with van der Waals surface area (Å²) >= 11 is 1.30. The summed E-state index contributed by atoms with van der Waals surface area (Å²) in [4.78, 5) is 28.9. The predicted octanol–water partition coefficient (Wildman–Crippen LogP) is 3.95. The summed E-state index contributed by atoms with van der Waals surface area (Å²) in [6.45, 7) is 0. The molecule has 2 N–H and O–H groups in total. The van der Waals surface area contributed by atoms with Gasteiger partial charge in [0.2, 0.25) is 5.91 Å². The summed E-state index contributed by atoms with van der Waals surface area (Å²) in [5, 5.41) is 7.56. The largest absolute Gasteiger partial charge is 0.318 e. The van der Waals surface area contributed by atoms with Gasteiger partial charge >= 0.3 is 0 Å². The molecule has 0 aliphatic heterocycles. The molecule has 3 aromatic rings. The van der Waals surface area contributed by atoms with Gasteiger partial charge in [-0.25, -0.2) is 4.98 Å². The summed E-state index contributed by atoms with van der Waals surface area (Å²) in [7, 11) is 0. The first-order valence-electron chi connectivity index (χ1n) is 8.22. The van der Waals surface area contributed by atoms with Crippen LogP contribution in [0, 0.1) is 0 Å². The minimum atomic E-state index is -0.435. The van der Waals surface area contributed by atoms with E-state index in [1.165, 1.54) is 17.4 Å². The molecule has 1 heterocycles. The van der Waals surface area contributed by atoms with Gasteiger partial charge in [0, 0.05) is 17.7 Å². The van der Waals surface area contributed by atoms with Gasteiger partial charge < -0.3 is 5.32 Å². The highest BCUT2D eigenvalue weighted by Gasteiger charge is 2.13. The van der Waals surface area contributed by atoms with Crippen LogP contribution in [-0.4, -0.2) is 16.8 Å². The van der Waals surface area contributed by atoms with Crippen molar-refractivity contribution in [3.05, 3.63) is 95.1 Å². The zero-order valence-electron chi connectivity index (χ0n) is 14.3. The first kappa shape index (κ1) is 18.3. The van der Waals surface area contributed by atoms with Crippen molar-refractivity contribution in [2.45, 2.75) is 0 Å². The van der Waals surface area contributed by atoms with Gasteiger partial charge in [0.25, 0.3) is 5.91 Å². The summed E-state index contributed by atoms with van der Waals surface area (Å²) in [6, 6.07) is 18.8. The molecular formula is C21H17N3O2S. The normalized spacial score (nSPS) is 11.3. The number of carbonyl (C=O) groups excluding carboxylic acids is 2. The number of aromatic nitrogens is 1. The van der Waals surface area contributed by atoms with Crippen LogP contribution in [0.4, 0.5) is 5.13 Å². The monoisotopic (exact) mass is 375 g/mol. The third-order valence-electron chi connectivity index (χ3n) is 3.49. The topological polar surface area (TPSA) is 71.1 Å². The zero-order chi connectivity index (χ0) is 18.9. The minimum absolute atomic E-state index is 0.138. The van der Waals surface area contributed by atoms with Crippen LogP contribution in [0.1, 0.15) is 11.1 Å². The lowest BCUT2D eigenvalue weighted by molar-refractivity contribution is -0.118. The molecule has 3 rings (SSSR count). The van der Waals surface area contributed by atoms with Crippen LogP contribution in [0.2, 0.25) is 0 Å². The highest BCUT2D eigenvalue weighted by Crippen LogP contribution is 2.13. The third kappa shape index (κ3) is 5.76. The fourth-order valence-corrected chi connectivity index (χ4v) is 2.76. The Morgan fingerprint density at radius 1 is 0.926 bits per heavy atom. The Bertz CT molecular complexity index is 950. The van der Waals surface area contributed by atoms with E-state index in [1.807, 2.05) is 60.7 Å². The Morgan fingerprint density at radius 2 is 1.59 bits per heavy atom. The van der Waals surface area contributed by atoms with E-state index < -0.39 is 11.8 Å². The number of carbonyl (C=O) groups is 2. The van der Waals surface area contributed by atoms with Crippen LogP contribution in [0.3, 0.4) is 0 Å². The Kier molecular flexibility index (Phi) is 6.27. The first-order chi connectivity index (χ1) is 13.2. The van der Waals surface area contributed by atoms with E-state index in [0.717, 1.165) is 11.1 Å². The fraction of sp³-hybridized carbons (Fsp3) is 0. The van der Waals surface area contributed by atoms with E-state index in [4.69, 9.17) is 0 Å². The highest BCUT2D eigenvalue weighted by atomic mass is 32.1.